The molecule has 22 heteroatoms. The highest BCUT2D eigenvalue weighted by atomic mass is 32.1. The largest absolute Gasteiger partial charge is 0.493 e. The molecule has 0 aliphatic carbocycles. The zero-order valence-corrected chi connectivity index (χ0v) is 51.7. The molecule has 2 heterocycles. The fourth-order valence-corrected chi connectivity index (χ4v) is 9.72. The number of ether oxygens (including phenoxy) is 9. The fourth-order valence-electron chi connectivity index (χ4n) is 7.63. The molecule has 0 fully saturated rings. The summed E-state index contributed by atoms with van der Waals surface area (Å²) in [6.45, 7) is 5.44. The summed E-state index contributed by atoms with van der Waals surface area (Å²) in [4.78, 5) is 57.4. The summed E-state index contributed by atoms with van der Waals surface area (Å²) < 4.78 is 59.8. The first-order valence-electron chi connectivity index (χ1n) is 25.8. The molecule has 86 heavy (non-hydrogen) atoms. The van der Waals surface area contributed by atoms with Gasteiger partial charge in [0.15, 0.2) is 40.8 Å². The van der Waals surface area contributed by atoms with Gasteiger partial charge < -0.3 is 59.4 Å². The number of carbonyl (C=O) groups is 5. The van der Waals surface area contributed by atoms with Crippen molar-refractivity contribution in [1.82, 2.24) is 0 Å². The quantitative estimate of drug-likeness (QED) is 0.0223. The van der Waals surface area contributed by atoms with Crippen LogP contribution < -0.4 is 50.5 Å². The number of carbonyl (C=O) groups excluding carboxylic acids is 5. The van der Waals surface area contributed by atoms with Crippen LogP contribution >= 0.6 is 35.3 Å². The molecule has 0 atom stereocenters. The zero-order valence-electron chi connectivity index (χ0n) is 49.2. The van der Waals surface area contributed by atoms with E-state index in [4.69, 9.17) is 44.6 Å². The Labute approximate surface area is 511 Å². The lowest BCUT2D eigenvalue weighted by Crippen LogP contribution is -2.27. The predicted molar refractivity (Wildman–Crippen MR) is 342 cm³/mol. The second-order valence-corrected chi connectivity index (χ2v) is 21.2. The van der Waals surface area contributed by atoms with Crippen molar-refractivity contribution in [3.63, 3.8) is 0 Å². The molecule has 9 aromatic rings. The Balaban J connectivity index is 0.000000210. The first-order valence-corrected chi connectivity index (χ1v) is 28.1. The third kappa shape index (κ3) is 19.0. The van der Waals surface area contributed by atoms with Crippen LogP contribution in [0, 0.1) is 5.82 Å². The number of amides is 2. The van der Waals surface area contributed by atoms with Crippen molar-refractivity contribution < 1.29 is 71.0 Å². The highest BCUT2D eigenvalue weighted by Gasteiger charge is 2.19. The number of hydrogen-bond donors (Lipinski definition) is 5. The molecule has 18 nitrogen and oxygen atoms in total. The SMILES string of the molecule is CC(C)(C)OC(=O)Nc1ccc(-c2ccccc2)cc1N.COC(=O)CS.COC(=O)c1cc2cc(OC)c(OC)cc2s1.COc1cc(F)c(C=O)cc1OC.COc1cc2cc(C(=O)Nc3cc(-c4ccccc4)ccc3N)sc2cc1OC. The topological polar surface area (TPSA) is 245 Å². The maximum Gasteiger partial charge on any atom is 0.412 e. The number of fused-ring (bicyclic) bond motifs is 2. The van der Waals surface area contributed by atoms with Crippen molar-refractivity contribution in [3.05, 3.63) is 167 Å². The maximum atomic E-state index is 13.0. The molecule has 6 N–H and O–H groups in total. The van der Waals surface area contributed by atoms with Crippen LogP contribution in [0.15, 0.2) is 146 Å². The van der Waals surface area contributed by atoms with Crippen LogP contribution in [0.5, 0.6) is 34.5 Å². The Morgan fingerprint density at radius 3 is 1.44 bits per heavy atom. The molecule has 9 rings (SSSR count). The molecular weight excluding hydrogens is 1160 g/mol. The highest BCUT2D eigenvalue weighted by molar-refractivity contribution is 7.81. The number of rotatable bonds is 14. The molecule has 0 unspecified atom stereocenters. The summed E-state index contributed by atoms with van der Waals surface area (Å²) in [5.74, 6) is 1.88. The average Bonchev–Trinajstić information content (AvgIpc) is 3.08. The number of nitrogens with two attached hydrogens (primary N) is 2. The first kappa shape index (κ1) is 67.3. The highest BCUT2D eigenvalue weighted by Crippen LogP contribution is 2.39. The van der Waals surface area contributed by atoms with Gasteiger partial charge in [0.25, 0.3) is 5.91 Å². The lowest BCUT2D eigenvalue weighted by Gasteiger charge is -2.20. The van der Waals surface area contributed by atoms with Gasteiger partial charge in [0.05, 0.1) is 95.8 Å². The van der Waals surface area contributed by atoms with Gasteiger partial charge in [-0.05, 0) is 108 Å². The van der Waals surface area contributed by atoms with E-state index >= 15 is 0 Å². The van der Waals surface area contributed by atoms with E-state index in [0.29, 0.717) is 67.5 Å². The molecule has 0 radical (unpaired) electrons. The van der Waals surface area contributed by atoms with Crippen LogP contribution in [-0.2, 0) is 19.0 Å². The smallest absolute Gasteiger partial charge is 0.412 e. The van der Waals surface area contributed by atoms with Crippen LogP contribution in [0.25, 0.3) is 42.4 Å². The standard InChI is InChI=1S/C23H20N2O3S.C17H20N2O2.C12H12O4S.C9H9FO3.C3H6O2S/c1-27-19-11-16-12-22(29-21(16)13-20(19)28-2)23(26)25-18-10-15(8-9-17(18)24)14-6-4-3-5-7-14;1-17(2,3)21-16(20)19-15-10-9-13(11-14(15)18)12-7-5-4-6-8-12;1-14-8-4-7-5-11(12(13)16-3)17-10(7)6-9(8)15-2;1-12-8-3-6(5-11)7(10)4-9(8)13-2;1-5-3(4)2-6/h3-13H,24H2,1-2H3,(H,25,26);4-11H,18H2,1-3H3,(H,19,20);4-6H,1-3H3;3-5H,1-2H3;6H,2H2,1H3. The van der Waals surface area contributed by atoms with Crippen molar-refractivity contribution in [1.29, 1.82) is 0 Å². The van der Waals surface area contributed by atoms with E-state index in [1.54, 1.807) is 46.6 Å². The molecule has 0 aliphatic rings. The number of halogens is 1. The van der Waals surface area contributed by atoms with E-state index in [1.165, 1.54) is 57.2 Å². The first-order chi connectivity index (χ1) is 41.2. The van der Waals surface area contributed by atoms with Crippen LogP contribution in [-0.4, -0.2) is 98.5 Å². The van der Waals surface area contributed by atoms with E-state index in [2.05, 4.69) is 32.7 Å². The molecule has 0 aliphatic heterocycles. The Morgan fingerprint density at radius 2 is 0.988 bits per heavy atom. The Morgan fingerprint density at radius 1 is 0.523 bits per heavy atom. The van der Waals surface area contributed by atoms with Crippen molar-refractivity contribution in [2.24, 2.45) is 0 Å². The summed E-state index contributed by atoms with van der Waals surface area (Å²) in [5.41, 5.74) is 17.8. The molecule has 0 spiro atoms. The van der Waals surface area contributed by atoms with Crippen LogP contribution in [0.1, 0.15) is 50.5 Å². The van der Waals surface area contributed by atoms with Gasteiger partial charge in [-0.15, -0.1) is 22.7 Å². The summed E-state index contributed by atoms with van der Waals surface area (Å²) in [6.07, 6.45) is -0.0845. The minimum absolute atomic E-state index is 0.0438. The molecule has 0 saturated carbocycles. The summed E-state index contributed by atoms with van der Waals surface area (Å²) >= 11 is 6.38. The Kier molecular flexibility index (Phi) is 25.4. The number of thiol groups is 1. The number of anilines is 4. The third-order valence-electron chi connectivity index (χ3n) is 11.8. The van der Waals surface area contributed by atoms with Gasteiger partial charge in [0, 0.05) is 27.6 Å². The summed E-state index contributed by atoms with van der Waals surface area (Å²) in [7, 11) is 11.9. The number of methoxy groups -OCH3 is 8. The Hall–Kier alpha value is -9.51. The van der Waals surface area contributed by atoms with Gasteiger partial charge in [-0.25, -0.2) is 14.0 Å². The van der Waals surface area contributed by atoms with E-state index in [-0.39, 0.29) is 34.9 Å². The van der Waals surface area contributed by atoms with E-state index in [0.717, 1.165) is 48.5 Å². The molecule has 2 aromatic heterocycles. The lowest BCUT2D eigenvalue weighted by molar-refractivity contribution is -0.137. The number of aldehydes is 1. The number of hydrogen-bond acceptors (Lipinski definition) is 19. The van der Waals surface area contributed by atoms with Crippen molar-refractivity contribution in [3.8, 4) is 56.8 Å². The number of benzene rings is 7. The second-order valence-electron chi connectivity index (χ2n) is 18.7. The molecule has 0 bridgehead atoms. The van der Waals surface area contributed by atoms with E-state index in [1.807, 2.05) is 136 Å². The van der Waals surface area contributed by atoms with Crippen LogP contribution in [0.4, 0.5) is 31.9 Å². The zero-order chi connectivity index (χ0) is 63.1. The van der Waals surface area contributed by atoms with E-state index in [9.17, 15) is 28.4 Å². The van der Waals surface area contributed by atoms with Gasteiger partial charge >= 0.3 is 18.0 Å². The molecular formula is C64H67FN4O14S3. The number of nitrogen functional groups attached to an aromatic ring is 2. The summed E-state index contributed by atoms with van der Waals surface area (Å²) in [6, 6.07) is 44.5. The third-order valence-corrected chi connectivity index (χ3v) is 14.3. The fraction of sp³-hybridized carbons (Fsp3) is 0.203. The average molecular weight is 1230 g/mol. The number of thiophene rings is 2. The normalized spacial score (nSPS) is 10.3. The molecule has 2 amide bonds. The monoisotopic (exact) mass is 1230 g/mol. The minimum Gasteiger partial charge on any atom is -0.493 e. The van der Waals surface area contributed by atoms with Crippen LogP contribution in [0.3, 0.4) is 0 Å². The number of esters is 2. The lowest BCUT2D eigenvalue weighted by atomic mass is 10.0. The van der Waals surface area contributed by atoms with Gasteiger partial charge in [-0.3, -0.25) is 19.7 Å². The summed E-state index contributed by atoms with van der Waals surface area (Å²) in [5, 5.41) is 7.46. The minimum atomic E-state index is -0.618. The van der Waals surface area contributed by atoms with E-state index < -0.39 is 17.5 Å². The van der Waals surface area contributed by atoms with Crippen molar-refractivity contribution in [2.45, 2.75) is 26.4 Å². The van der Waals surface area contributed by atoms with Gasteiger partial charge in [-0.2, -0.15) is 12.6 Å². The van der Waals surface area contributed by atoms with Gasteiger partial charge in [0.2, 0.25) is 0 Å². The van der Waals surface area contributed by atoms with Crippen molar-refractivity contribution >= 4 is 108 Å². The maximum absolute atomic E-state index is 13.0. The van der Waals surface area contributed by atoms with Crippen molar-refractivity contribution in [2.75, 3.05) is 84.7 Å². The second kappa shape index (κ2) is 32.5. The molecule has 452 valence electrons. The predicted octanol–water partition coefficient (Wildman–Crippen LogP) is 14.2. The number of nitrogens with one attached hydrogen (secondary N) is 2. The van der Waals surface area contributed by atoms with Crippen LogP contribution in [0.2, 0.25) is 0 Å². The Bertz CT molecular complexity index is 3670. The molecule has 0 saturated heterocycles. The van der Waals surface area contributed by atoms with Gasteiger partial charge in [-0.1, -0.05) is 72.8 Å². The van der Waals surface area contributed by atoms with Gasteiger partial charge in [0.1, 0.15) is 16.3 Å². The molecule has 7 aromatic carbocycles.